The molecule has 0 aliphatic carbocycles. The van der Waals surface area contributed by atoms with Gasteiger partial charge >= 0.3 is 0 Å². The molecule has 2 heterocycles. The molecule has 3 nitrogen and oxygen atoms in total. The van der Waals surface area contributed by atoms with Crippen molar-refractivity contribution in [2.75, 3.05) is 5.32 Å². The lowest BCUT2D eigenvalue weighted by Crippen LogP contribution is -1.90. The number of halogens is 2. The topological polar surface area (TPSA) is 37.8 Å². The quantitative estimate of drug-likeness (QED) is 0.710. The molecule has 0 saturated carbocycles. The zero-order valence-corrected chi connectivity index (χ0v) is 11.7. The Bertz CT molecular complexity index is 710. The SMILES string of the molecule is Fc1ccc(-c2csc(Nc3ccc(Cl)nc3)n2)cc1. The number of nitrogens with one attached hydrogen (secondary N) is 1. The molecule has 1 N–H and O–H groups in total. The van der Waals surface area contributed by atoms with Crippen LogP contribution in [0.3, 0.4) is 0 Å². The smallest absolute Gasteiger partial charge is 0.187 e. The van der Waals surface area contributed by atoms with E-state index in [-0.39, 0.29) is 5.82 Å². The van der Waals surface area contributed by atoms with E-state index in [1.165, 1.54) is 23.5 Å². The highest BCUT2D eigenvalue weighted by Gasteiger charge is 2.05. The van der Waals surface area contributed by atoms with Gasteiger partial charge in [-0.2, -0.15) is 0 Å². The van der Waals surface area contributed by atoms with E-state index in [4.69, 9.17) is 11.6 Å². The average Bonchev–Trinajstić information content (AvgIpc) is 2.91. The molecule has 0 fully saturated rings. The summed E-state index contributed by atoms with van der Waals surface area (Å²) < 4.78 is 12.9. The molecule has 1 aromatic carbocycles. The van der Waals surface area contributed by atoms with Crippen molar-refractivity contribution in [3.05, 3.63) is 58.9 Å². The first-order chi connectivity index (χ1) is 9.70. The maximum absolute atomic E-state index is 12.9. The van der Waals surface area contributed by atoms with Crippen molar-refractivity contribution in [2.45, 2.75) is 0 Å². The summed E-state index contributed by atoms with van der Waals surface area (Å²) in [6.45, 7) is 0. The van der Waals surface area contributed by atoms with E-state index in [9.17, 15) is 4.39 Å². The van der Waals surface area contributed by atoms with Crippen LogP contribution in [-0.4, -0.2) is 9.97 Å². The fourth-order valence-electron chi connectivity index (χ4n) is 1.66. The Morgan fingerprint density at radius 2 is 1.90 bits per heavy atom. The third-order valence-corrected chi connectivity index (χ3v) is 3.60. The van der Waals surface area contributed by atoms with Crippen LogP contribution in [0.5, 0.6) is 0 Å². The van der Waals surface area contributed by atoms with E-state index in [0.29, 0.717) is 5.15 Å². The van der Waals surface area contributed by atoms with Crippen molar-refractivity contribution in [3.8, 4) is 11.3 Å². The Hall–Kier alpha value is -1.98. The van der Waals surface area contributed by atoms with Crippen LogP contribution in [0, 0.1) is 5.82 Å². The number of benzene rings is 1. The van der Waals surface area contributed by atoms with E-state index >= 15 is 0 Å². The lowest BCUT2D eigenvalue weighted by Gasteiger charge is -2.01. The summed E-state index contributed by atoms with van der Waals surface area (Å²) in [7, 11) is 0. The Morgan fingerprint density at radius 3 is 2.60 bits per heavy atom. The largest absolute Gasteiger partial charge is 0.330 e. The minimum absolute atomic E-state index is 0.255. The fourth-order valence-corrected chi connectivity index (χ4v) is 2.51. The molecule has 3 aromatic rings. The standard InChI is InChI=1S/C14H9ClFN3S/c15-13-6-5-11(7-17-13)18-14-19-12(8-20-14)9-1-3-10(16)4-2-9/h1-8H,(H,18,19). The molecule has 0 radical (unpaired) electrons. The number of aromatic nitrogens is 2. The van der Waals surface area contributed by atoms with Crippen molar-refractivity contribution in [1.29, 1.82) is 0 Å². The van der Waals surface area contributed by atoms with Crippen LogP contribution in [0.1, 0.15) is 0 Å². The number of pyridine rings is 1. The predicted molar refractivity (Wildman–Crippen MR) is 80.0 cm³/mol. The summed E-state index contributed by atoms with van der Waals surface area (Å²) in [5, 5.41) is 6.25. The molecule has 0 saturated heterocycles. The molecule has 0 amide bonds. The van der Waals surface area contributed by atoms with Crippen LogP contribution in [0.25, 0.3) is 11.3 Å². The lowest BCUT2D eigenvalue weighted by atomic mass is 10.2. The van der Waals surface area contributed by atoms with Crippen molar-refractivity contribution >= 4 is 33.8 Å². The van der Waals surface area contributed by atoms with E-state index in [1.54, 1.807) is 24.4 Å². The molecule has 6 heteroatoms. The van der Waals surface area contributed by atoms with Crippen LogP contribution in [-0.2, 0) is 0 Å². The second-order valence-electron chi connectivity index (χ2n) is 4.04. The maximum Gasteiger partial charge on any atom is 0.187 e. The van der Waals surface area contributed by atoms with E-state index in [1.807, 2.05) is 11.4 Å². The van der Waals surface area contributed by atoms with E-state index in [2.05, 4.69) is 15.3 Å². The minimum atomic E-state index is -0.255. The number of hydrogen-bond acceptors (Lipinski definition) is 4. The van der Waals surface area contributed by atoms with Crippen LogP contribution in [0.2, 0.25) is 5.15 Å². The highest BCUT2D eigenvalue weighted by atomic mass is 35.5. The molecular weight excluding hydrogens is 297 g/mol. The Morgan fingerprint density at radius 1 is 1.10 bits per heavy atom. The van der Waals surface area contributed by atoms with Gasteiger partial charge in [0.05, 0.1) is 17.6 Å². The molecule has 20 heavy (non-hydrogen) atoms. The zero-order valence-electron chi connectivity index (χ0n) is 10.2. The van der Waals surface area contributed by atoms with Gasteiger partial charge in [0.2, 0.25) is 0 Å². The molecule has 0 aliphatic heterocycles. The molecule has 0 spiro atoms. The fraction of sp³-hybridized carbons (Fsp3) is 0. The highest BCUT2D eigenvalue weighted by molar-refractivity contribution is 7.14. The Labute approximate surface area is 124 Å². The molecular formula is C14H9ClFN3S. The van der Waals surface area contributed by atoms with Crippen LogP contribution in [0.15, 0.2) is 48.0 Å². The molecule has 100 valence electrons. The van der Waals surface area contributed by atoms with Crippen molar-refractivity contribution in [1.82, 2.24) is 9.97 Å². The van der Waals surface area contributed by atoms with Gasteiger partial charge in [-0.15, -0.1) is 11.3 Å². The first-order valence-electron chi connectivity index (χ1n) is 5.81. The first kappa shape index (κ1) is 13.0. The van der Waals surface area contributed by atoms with Gasteiger partial charge in [0.1, 0.15) is 11.0 Å². The summed E-state index contributed by atoms with van der Waals surface area (Å²) in [4.78, 5) is 8.44. The molecule has 3 rings (SSSR count). The monoisotopic (exact) mass is 305 g/mol. The second-order valence-corrected chi connectivity index (χ2v) is 5.28. The van der Waals surface area contributed by atoms with Gasteiger partial charge in [0.15, 0.2) is 5.13 Å². The van der Waals surface area contributed by atoms with Gasteiger partial charge in [-0.1, -0.05) is 11.6 Å². The van der Waals surface area contributed by atoms with Crippen LogP contribution in [0.4, 0.5) is 15.2 Å². The van der Waals surface area contributed by atoms with Gasteiger partial charge in [0.25, 0.3) is 0 Å². The van der Waals surface area contributed by atoms with Crippen molar-refractivity contribution < 1.29 is 4.39 Å². The number of rotatable bonds is 3. The Balaban J connectivity index is 1.80. The van der Waals surface area contributed by atoms with Gasteiger partial charge in [-0.05, 0) is 36.4 Å². The summed E-state index contributed by atoms with van der Waals surface area (Å²) in [5.74, 6) is -0.255. The molecule has 0 atom stereocenters. The van der Waals surface area contributed by atoms with Gasteiger partial charge < -0.3 is 5.32 Å². The predicted octanol–water partition coefficient (Wildman–Crippen LogP) is 4.74. The van der Waals surface area contributed by atoms with Gasteiger partial charge in [0, 0.05) is 10.9 Å². The second kappa shape index (κ2) is 5.56. The van der Waals surface area contributed by atoms with Gasteiger partial charge in [-0.3, -0.25) is 0 Å². The van der Waals surface area contributed by atoms with E-state index in [0.717, 1.165) is 22.1 Å². The summed E-state index contributed by atoms with van der Waals surface area (Å²) >= 11 is 7.20. The molecule has 0 bridgehead atoms. The van der Waals surface area contributed by atoms with Gasteiger partial charge in [-0.25, -0.2) is 14.4 Å². The van der Waals surface area contributed by atoms with Crippen LogP contribution >= 0.6 is 22.9 Å². The lowest BCUT2D eigenvalue weighted by molar-refractivity contribution is 0.628. The number of anilines is 2. The van der Waals surface area contributed by atoms with Crippen molar-refractivity contribution in [2.24, 2.45) is 0 Å². The molecule has 2 aromatic heterocycles. The zero-order chi connectivity index (χ0) is 13.9. The maximum atomic E-state index is 12.9. The third kappa shape index (κ3) is 2.95. The minimum Gasteiger partial charge on any atom is -0.330 e. The normalized spacial score (nSPS) is 10.5. The summed E-state index contributed by atoms with van der Waals surface area (Å²) in [6, 6.07) is 9.79. The highest BCUT2D eigenvalue weighted by Crippen LogP contribution is 2.27. The van der Waals surface area contributed by atoms with Crippen molar-refractivity contribution in [3.63, 3.8) is 0 Å². The number of hydrogen-bond donors (Lipinski definition) is 1. The number of nitrogens with zero attached hydrogens (tertiary/aromatic N) is 2. The van der Waals surface area contributed by atoms with Crippen LogP contribution < -0.4 is 5.32 Å². The molecule has 0 unspecified atom stereocenters. The summed E-state index contributed by atoms with van der Waals surface area (Å²) in [6.07, 6.45) is 1.64. The first-order valence-corrected chi connectivity index (χ1v) is 7.06. The summed E-state index contributed by atoms with van der Waals surface area (Å²) in [5.41, 5.74) is 2.50. The number of thiazole rings is 1. The van der Waals surface area contributed by atoms with E-state index < -0.39 is 0 Å². The third-order valence-electron chi connectivity index (χ3n) is 2.62. The molecule has 0 aliphatic rings. The Kier molecular flexibility index (Phi) is 3.62. The average molecular weight is 306 g/mol.